The minimum Gasteiger partial charge on any atom is -0.340 e. The predicted molar refractivity (Wildman–Crippen MR) is 86.9 cm³/mol. The normalized spacial score (nSPS) is 14.3. The van der Waals surface area contributed by atoms with Crippen LogP contribution in [0.1, 0.15) is 5.56 Å². The third kappa shape index (κ3) is 3.69. The zero-order valence-electron chi connectivity index (χ0n) is 13.4. The van der Waals surface area contributed by atoms with E-state index in [0.717, 1.165) is 4.90 Å². The summed E-state index contributed by atoms with van der Waals surface area (Å²) in [7, 11) is 1.37. The topological polar surface area (TPSA) is 78.0 Å². The highest BCUT2D eigenvalue weighted by Gasteiger charge is 2.44. The Hall–Kier alpha value is -2.74. The Morgan fingerprint density at radius 1 is 1.28 bits per heavy atom. The first kappa shape index (κ1) is 18.6. The fraction of sp³-hybridized carbons (Fsp3) is 0.250. The number of nitrogens with zero attached hydrogens (tertiary/aromatic N) is 3. The zero-order valence-corrected chi connectivity index (χ0v) is 14.1. The predicted octanol–water partition coefficient (Wildman–Crippen LogP) is 1.41. The van der Waals surface area contributed by atoms with Gasteiger partial charge in [-0.2, -0.15) is 0 Å². The van der Waals surface area contributed by atoms with E-state index in [-0.39, 0.29) is 23.7 Å². The maximum Gasteiger partial charge on any atom is 0.335 e. The van der Waals surface area contributed by atoms with Crippen LogP contribution < -0.4 is 0 Å². The van der Waals surface area contributed by atoms with Gasteiger partial charge in [0.2, 0.25) is 5.91 Å². The summed E-state index contributed by atoms with van der Waals surface area (Å²) in [5.41, 5.74) is 0.114. The highest BCUT2D eigenvalue weighted by atomic mass is 35.5. The lowest BCUT2D eigenvalue weighted by atomic mass is 10.2. The van der Waals surface area contributed by atoms with Crippen LogP contribution in [0.3, 0.4) is 0 Å². The van der Waals surface area contributed by atoms with Crippen molar-refractivity contribution < 1.29 is 23.6 Å². The van der Waals surface area contributed by atoms with E-state index in [2.05, 4.69) is 6.58 Å². The number of urea groups is 1. The van der Waals surface area contributed by atoms with Crippen molar-refractivity contribution in [2.75, 3.05) is 20.1 Å². The third-order valence-corrected chi connectivity index (χ3v) is 3.98. The van der Waals surface area contributed by atoms with E-state index in [1.54, 1.807) is 0 Å². The summed E-state index contributed by atoms with van der Waals surface area (Å²) in [6.45, 7) is 2.49. The summed E-state index contributed by atoms with van der Waals surface area (Å²) in [5, 5.41) is 0.153. The average molecular weight is 368 g/mol. The van der Waals surface area contributed by atoms with Gasteiger partial charge in [-0.3, -0.25) is 19.3 Å². The molecule has 0 atom stereocenters. The minimum atomic E-state index is -1.09. The smallest absolute Gasteiger partial charge is 0.335 e. The summed E-state index contributed by atoms with van der Waals surface area (Å²) in [5.74, 6) is -3.32. The van der Waals surface area contributed by atoms with E-state index in [9.17, 15) is 23.6 Å². The molecule has 0 spiro atoms. The van der Waals surface area contributed by atoms with Crippen molar-refractivity contribution in [1.82, 2.24) is 14.7 Å². The second kappa shape index (κ2) is 7.43. The van der Waals surface area contributed by atoms with Gasteiger partial charge in [0.25, 0.3) is 0 Å². The summed E-state index contributed by atoms with van der Waals surface area (Å²) < 4.78 is 13.8. The highest BCUT2D eigenvalue weighted by molar-refractivity contribution is 6.45. The number of carbonyl (C=O) groups excluding carboxylic acids is 4. The minimum absolute atomic E-state index is 0.114. The van der Waals surface area contributed by atoms with Crippen LogP contribution in [0, 0.1) is 5.82 Å². The van der Waals surface area contributed by atoms with Crippen LogP contribution in [0.25, 0.3) is 0 Å². The SMILES string of the molecule is C=CCN1C(=O)C(=O)N(CC(=O)N(C)Cc2c(F)cccc2Cl)C1=O. The molecule has 1 saturated heterocycles. The van der Waals surface area contributed by atoms with Gasteiger partial charge in [-0.15, -0.1) is 6.58 Å². The van der Waals surface area contributed by atoms with Gasteiger partial charge in [0.05, 0.1) is 0 Å². The second-order valence-corrected chi connectivity index (χ2v) is 5.74. The van der Waals surface area contributed by atoms with Crippen molar-refractivity contribution in [2.24, 2.45) is 0 Å². The van der Waals surface area contributed by atoms with Crippen molar-refractivity contribution in [2.45, 2.75) is 6.54 Å². The van der Waals surface area contributed by atoms with Crippen LogP contribution in [-0.4, -0.2) is 58.6 Å². The molecule has 1 aliphatic rings. The van der Waals surface area contributed by atoms with Gasteiger partial charge in [-0.1, -0.05) is 23.7 Å². The van der Waals surface area contributed by atoms with Crippen LogP contribution in [0.4, 0.5) is 9.18 Å². The molecule has 132 valence electrons. The summed E-state index contributed by atoms with van der Waals surface area (Å²) in [6, 6.07) is 3.24. The lowest BCUT2D eigenvalue weighted by molar-refractivity contribution is -0.144. The van der Waals surface area contributed by atoms with Crippen LogP contribution in [0.2, 0.25) is 5.02 Å². The van der Waals surface area contributed by atoms with Crippen molar-refractivity contribution in [3.05, 3.63) is 47.3 Å². The van der Waals surface area contributed by atoms with E-state index in [4.69, 9.17) is 11.6 Å². The lowest BCUT2D eigenvalue weighted by Gasteiger charge is -2.21. The van der Waals surface area contributed by atoms with Crippen LogP contribution >= 0.6 is 11.6 Å². The number of likely N-dealkylation sites (N-methyl/N-ethyl adjacent to an activating group) is 1. The number of halogens is 2. The van der Waals surface area contributed by atoms with Crippen LogP contribution in [0.15, 0.2) is 30.9 Å². The van der Waals surface area contributed by atoms with Gasteiger partial charge < -0.3 is 4.90 Å². The molecule has 7 nitrogen and oxygen atoms in total. The molecule has 1 aromatic rings. The first-order valence-corrected chi connectivity index (χ1v) is 7.60. The molecule has 1 fully saturated rings. The van der Waals surface area contributed by atoms with E-state index in [1.807, 2.05) is 0 Å². The Balaban J connectivity index is 2.09. The second-order valence-electron chi connectivity index (χ2n) is 5.33. The molecule has 0 bridgehead atoms. The molecular formula is C16H15ClFN3O4. The number of rotatable bonds is 6. The molecule has 9 heteroatoms. The number of benzene rings is 1. The first-order chi connectivity index (χ1) is 11.8. The Morgan fingerprint density at radius 2 is 1.92 bits per heavy atom. The highest BCUT2D eigenvalue weighted by Crippen LogP contribution is 2.20. The molecule has 1 aromatic carbocycles. The Morgan fingerprint density at radius 3 is 2.52 bits per heavy atom. The van der Waals surface area contributed by atoms with Crippen molar-refractivity contribution in [3.63, 3.8) is 0 Å². The molecule has 0 saturated carbocycles. The molecule has 0 radical (unpaired) electrons. The van der Waals surface area contributed by atoms with Gasteiger partial charge in [0, 0.05) is 30.7 Å². The molecule has 0 N–H and O–H groups in total. The quantitative estimate of drug-likeness (QED) is 0.433. The van der Waals surface area contributed by atoms with E-state index in [1.165, 1.54) is 31.3 Å². The van der Waals surface area contributed by atoms with E-state index < -0.39 is 36.1 Å². The van der Waals surface area contributed by atoms with Gasteiger partial charge in [-0.05, 0) is 12.1 Å². The van der Waals surface area contributed by atoms with Crippen LogP contribution in [-0.2, 0) is 20.9 Å². The van der Waals surface area contributed by atoms with Gasteiger partial charge in [-0.25, -0.2) is 14.1 Å². The van der Waals surface area contributed by atoms with E-state index in [0.29, 0.717) is 9.80 Å². The molecule has 1 aliphatic heterocycles. The number of imide groups is 2. The summed E-state index contributed by atoms with van der Waals surface area (Å²) in [4.78, 5) is 50.2. The zero-order chi connectivity index (χ0) is 18.7. The summed E-state index contributed by atoms with van der Waals surface area (Å²) in [6.07, 6.45) is 1.29. The first-order valence-electron chi connectivity index (χ1n) is 7.23. The maximum atomic E-state index is 13.8. The number of hydrogen-bond acceptors (Lipinski definition) is 4. The molecular weight excluding hydrogens is 353 g/mol. The fourth-order valence-corrected chi connectivity index (χ4v) is 2.47. The summed E-state index contributed by atoms with van der Waals surface area (Å²) >= 11 is 5.91. The Labute approximate surface area is 148 Å². The Bertz CT molecular complexity index is 747. The monoisotopic (exact) mass is 367 g/mol. The molecule has 0 aromatic heterocycles. The maximum absolute atomic E-state index is 13.8. The van der Waals surface area contributed by atoms with Crippen LogP contribution in [0.5, 0.6) is 0 Å². The third-order valence-electron chi connectivity index (χ3n) is 3.62. The number of carbonyl (C=O) groups is 4. The number of amides is 5. The number of hydrogen-bond donors (Lipinski definition) is 0. The average Bonchev–Trinajstić information content (AvgIpc) is 2.76. The molecule has 5 amide bonds. The Kier molecular flexibility index (Phi) is 5.53. The molecule has 1 heterocycles. The molecule has 0 aliphatic carbocycles. The van der Waals surface area contributed by atoms with Crippen molar-refractivity contribution in [3.8, 4) is 0 Å². The largest absolute Gasteiger partial charge is 0.340 e. The van der Waals surface area contributed by atoms with Gasteiger partial charge in [0.1, 0.15) is 12.4 Å². The van der Waals surface area contributed by atoms with Gasteiger partial charge in [0.15, 0.2) is 0 Å². The molecule has 0 unspecified atom stereocenters. The standard InChI is InChI=1S/C16H15ClFN3O4/c1-3-7-20-14(23)15(24)21(16(20)25)9-13(22)19(2)8-10-11(17)5-4-6-12(10)18/h3-6H,1,7-9H2,2H3. The lowest BCUT2D eigenvalue weighted by Crippen LogP contribution is -2.42. The fourth-order valence-electron chi connectivity index (χ4n) is 2.24. The van der Waals surface area contributed by atoms with Gasteiger partial charge >= 0.3 is 17.8 Å². The van der Waals surface area contributed by atoms with E-state index >= 15 is 0 Å². The van der Waals surface area contributed by atoms with Crippen molar-refractivity contribution in [1.29, 1.82) is 0 Å². The van der Waals surface area contributed by atoms with Crippen molar-refractivity contribution >= 4 is 35.4 Å². The molecule has 25 heavy (non-hydrogen) atoms. The molecule has 2 rings (SSSR count).